The van der Waals surface area contributed by atoms with E-state index in [0.717, 1.165) is 12.2 Å². The van der Waals surface area contributed by atoms with Gasteiger partial charge in [0, 0.05) is 13.6 Å². The standard InChI is InChI=1S/C12H18N4O2/c1-9(2)4-13-5-10-8-17-12(15-10)18-11-6-14-16(3)7-11/h6-9,13H,4-5H2,1-3H3. The van der Waals surface area contributed by atoms with Crippen LogP contribution in [0, 0.1) is 5.92 Å². The molecule has 18 heavy (non-hydrogen) atoms. The summed E-state index contributed by atoms with van der Waals surface area (Å²) in [4.78, 5) is 4.22. The lowest BCUT2D eigenvalue weighted by molar-refractivity contribution is 0.330. The van der Waals surface area contributed by atoms with Gasteiger partial charge in [-0.1, -0.05) is 13.8 Å². The number of hydrogen-bond acceptors (Lipinski definition) is 5. The molecule has 0 spiro atoms. The van der Waals surface area contributed by atoms with E-state index < -0.39 is 0 Å². The van der Waals surface area contributed by atoms with Gasteiger partial charge in [-0.05, 0) is 12.5 Å². The van der Waals surface area contributed by atoms with Crippen molar-refractivity contribution in [2.75, 3.05) is 6.54 Å². The van der Waals surface area contributed by atoms with Crippen molar-refractivity contribution in [1.82, 2.24) is 20.1 Å². The zero-order valence-corrected chi connectivity index (χ0v) is 10.9. The zero-order chi connectivity index (χ0) is 13.0. The molecule has 2 aromatic heterocycles. The molecule has 2 rings (SSSR count). The van der Waals surface area contributed by atoms with Crippen LogP contribution in [0.3, 0.4) is 0 Å². The quantitative estimate of drug-likeness (QED) is 0.848. The third-order valence-electron chi connectivity index (χ3n) is 2.28. The molecule has 0 saturated carbocycles. The van der Waals surface area contributed by atoms with Crippen LogP contribution in [0.1, 0.15) is 19.5 Å². The Bertz CT molecular complexity index is 490. The molecule has 6 heteroatoms. The van der Waals surface area contributed by atoms with E-state index in [1.807, 2.05) is 7.05 Å². The minimum absolute atomic E-state index is 0.240. The molecule has 0 saturated heterocycles. The summed E-state index contributed by atoms with van der Waals surface area (Å²) < 4.78 is 12.3. The van der Waals surface area contributed by atoms with Crippen LogP contribution in [-0.4, -0.2) is 21.3 Å². The van der Waals surface area contributed by atoms with Crippen molar-refractivity contribution in [2.45, 2.75) is 20.4 Å². The van der Waals surface area contributed by atoms with Crippen LogP contribution >= 0.6 is 0 Å². The summed E-state index contributed by atoms with van der Waals surface area (Å²) in [5.74, 6) is 1.23. The molecular formula is C12H18N4O2. The second-order valence-corrected chi connectivity index (χ2v) is 4.58. The van der Waals surface area contributed by atoms with Gasteiger partial charge in [0.2, 0.25) is 0 Å². The Morgan fingerprint density at radius 1 is 1.50 bits per heavy atom. The number of aromatic nitrogens is 3. The van der Waals surface area contributed by atoms with Crippen molar-refractivity contribution < 1.29 is 9.15 Å². The van der Waals surface area contributed by atoms with E-state index in [1.165, 1.54) is 0 Å². The summed E-state index contributed by atoms with van der Waals surface area (Å²) >= 11 is 0. The van der Waals surface area contributed by atoms with Gasteiger partial charge in [0.15, 0.2) is 5.75 Å². The molecule has 0 radical (unpaired) electrons. The predicted molar refractivity (Wildman–Crippen MR) is 66.3 cm³/mol. The summed E-state index contributed by atoms with van der Waals surface area (Å²) in [6, 6.07) is 0. The predicted octanol–water partition coefficient (Wildman–Crippen LogP) is 1.95. The van der Waals surface area contributed by atoms with E-state index in [4.69, 9.17) is 9.15 Å². The van der Waals surface area contributed by atoms with Crippen molar-refractivity contribution in [3.05, 3.63) is 24.4 Å². The number of nitrogens with zero attached hydrogens (tertiary/aromatic N) is 3. The Labute approximate surface area is 106 Å². The lowest BCUT2D eigenvalue weighted by Crippen LogP contribution is -2.19. The highest BCUT2D eigenvalue weighted by Gasteiger charge is 2.07. The second-order valence-electron chi connectivity index (χ2n) is 4.58. The van der Waals surface area contributed by atoms with Crippen molar-refractivity contribution in [3.63, 3.8) is 0 Å². The zero-order valence-electron chi connectivity index (χ0n) is 10.9. The van der Waals surface area contributed by atoms with E-state index in [2.05, 4.69) is 29.2 Å². The van der Waals surface area contributed by atoms with Gasteiger partial charge in [0.05, 0.1) is 18.1 Å². The molecule has 0 aliphatic rings. The lowest BCUT2D eigenvalue weighted by Gasteiger charge is -2.04. The lowest BCUT2D eigenvalue weighted by atomic mass is 10.2. The average Bonchev–Trinajstić information content (AvgIpc) is 2.89. The normalized spacial score (nSPS) is 11.1. The molecule has 6 nitrogen and oxygen atoms in total. The first-order valence-electron chi connectivity index (χ1n) is 5.95. The molecule has 0 atom stereocenters. The van der Waals surface area contributed by atoms with Gasteiger partial charge in [-0.15, -0.1) is 0 Å². The minimum atomic E-state index is 0.240. The summed E-state index contributed by atoms with van der Waals surface area (Å²) in [6.07, 6.45) is 5.20. The topological polar surface area (TPSA) is 65.1 Å². The third kappa shape index (κ3) is 3.59. The molecule has 0 bridgehead atoms. The van der Waals surface area contributed by atoms with Crippen LogP contribution in [0.5, 0.6) is 11.8 Å². The largest absolute Gasteiger partial charge is 0.417 e. The summed E-state index contributed by atoms with van der Waals surface area (Å²) in [7, 11) is 1.82. The van der Waals surface area contributed by atoms with Crippen LogP contribution in [0.4, 0.5) is 0 Å². The van der Waals surface area contributed by atoms with Gasteiger partial charge >= 0.3 is 6.08 Å². The fourth-order valence-corrected chi connectivity index (χ4v) is 1.46. The van der Waals surface area contributed by atoms with E-state index in [0.29, 0.717) is 18.2 Å². The van der Waals surface area contributed by atoms with Gasteiger partial charge in [-0.2, -0.15) is 10.1 Å². The molecule has 0 aromatic carbocycles. The molecule has 98 valence electrons. The fourth-order valence-electron chi connectivity index (χ4n) is 1.46. The monoisotopic (exact) mass is 250 g/mol. The molecule has 2 heterocycles. The van der Waals surface area contributed by atoms with E-state index in [1.54, 1.807) is 23.3 Å². The minimum Gasteiger partial charge on any atom is -0.417 e. The van der Waals surface area contributed by atoms with Crippen molar-refractivity contribution >= 4 is 0 Å². The van der Waals surface area contributed by atoms with Gasteiger partial charge in [-0.3, -0.25) is 4.68 Å². The first-order chi connectivity index (χ1) is 8.63. The molecule has 0 fully saturated rings. The Balaban J connectivity index is 1.86. The van der Waals surface area contributed by atoms with Crippen LogP contribution in [-0.2, 0) is 13.6 Å². The van der Waals surface area contributed by atoms with E-state index in [9.17, 15) is 0 Å². The molecule has 0 amide bonds. The molecule has 2 aromatic rings. The number of oxazole rings is 1. The maximum Gasteiger partial charge on any atom is 0.399 e. The highest BCUT2D eigenvalue weighted by Crippen LogP contribution is 2.19. The maximum atomic E-state index is 5.42. The number of ether oxygens (including phenoxy) is 1. The van der Waals surface area contributed by atoms with Gasteiger partial charge in [0.1, 0.15) is 6.26 Å². The number of aryl methyl sites for hydroxylation is 1. The number of rotatable bonds is 6. The first kappa shape index (κ1) is 12.6. The first-order valence-corrected chi connectivity index (χ1v) is 5.95. The Morgan fingerprint density at radius 3 is 3.00 bits per heavy atom. The molecule has 0 aliphatic heterocycles. The van der Waals surface area contributed by atoms with Gasteiger partial charge in [-0.25, -0.2) is 0 Å². The molecule has 0 unspecified atom stereocenters. The molecular weight excluding hydrogens is 232 g/mol. The van der Waals surface area contributed by atoms with Gasteiger partial charge in [0.25, 0.3) is 0 Å². The maximum absolute atomic E-state index is 5.42. The van der Waals surface area contributed by atoms with Gasteiger partial charge < -0.3 is 14.5 Å². The molecule has 0 aliphatic carbocycles. The fraction of sp³-hybridized carbons (Fsp3) is 0.500. The van der Waals surface area contributed by atoms with Crippen LogP contribution in [0.15, 0.2) is 23.1 Å². The Hall–Kier alpha value is -1.82. The highest BCUT2D eigenvalue weighted by molar-refractivity contribution is 5.16. The summed E-state index contributed by atoms with van der Waals surface area (Å²) in [5, 5.41) is 7.29. The molecule has 1 N–H and O–H groups in total. The highest BCUT2D eigenvalue weighted by atomic mass is 16.6. The number of nitrogens with one attached hydrogen (secondary N) is 1. The number of hydrogen-bond donors (Lipinski definition) is 1. The van der Waals surface area contributed by atoms with Crippen LogP contribution < -0.4 is 10.1 Å². The van der Waals surface area contributed by atoms with Crippen LogP contribution in [0.25, 0.3) is 0 Å². The SMILES string of the molecule is CC(C)CNCc1coc(Oc2cnn(C)c2)n1. The van der Waals surface area contributed by atoms with E-state index >= 15 is 0 Å². The van der Waals surface area contributed by atoms with Crippen molar-refractivity contribution in [1.29, 1.82) is 0 Å². The van der Waals surface area contributed by atoms with Crippen molar-refractivity contribution in [3.8, 4) is 11.8 Å². The Morgan fingerprint density at radius 2 is 2.33 bits per heavy atom. The smallest absolute Gasteiger partial charge is 0.399 e. The Kier molecular flexibility index (Phi) is 3.99. The van der Waals surface area contributed by atoms with Crippen LogP contribution in [0.2, 0.25) is 0 Å². The summed E-state index contributed by atoms with van der Waals surface area (Å²) in [5.41, 5.74) is 0.828. The van der Waals surface area contributed by atoms with Crippen molar-refractivity contribution in [2.24, 2.45) is 13.0 Å². The summed E-state index contributed by atoms with van der Waals surface area (Å²) in [6.45, 7) is 5.95. The van der Waals surface area contributed by atoms with E-state index in [-0.39, 0.29) is 6.08 Å². The second kappa shape index (κ2) is 5.68. The third-order valence-corrected chi connectivity index (χ3v) is 2.28. The average molecular weight is 250 g/mol.